The number of halogens is 1. The number of amides is 1. The summed E-state index contributed by atoms with van der Waals surface area (Å²) in [4.78, 5) is 11.9. The van der Waals surface area contributed by atoms with Crippen molar-refractivity contribution in [3.8, 4) is 0 Å². The van der Waals surface area contributed by atoms with Gasteiger partial charge in [0, 0.05) is 17.5 Å². The topological polar surface area (TPSA) is 29.1 Å². The number of alkyl halides is 1. The molecule has 3 heteroatoms. The fourth-order valence-electron chi connectivity index (χ4n) is 1.52. The van der Waals surface area contributed by atoms with Gasteiger partial charge in [-0.15, -0.1) is 11.6 Å². The highest BCUT2D eigenvalue weighted by molar-refractivity contribution is 6.17. The van der Waals surface area contributed by atoms with Gasteiger partial charge in [0.05, 0.1) is 0 Å². The molecule has 1 rings (SSSR count). The molecule has 1 aromatic rings. The van der Waals surface area contributed by atoms with Crippen LogP contribution in [0.3, 0.4) is 0 Å². The Bertz CT molecular complexity index is 376. The fourth-order valence-corrected chi connectivity index (χ4v) is 1.85. The quantitative estimate of drug-likeness (QED) is 0.804. The van der Waals surface area contributed by atoms with Crippen molar-refractivity contribution < 1.29 is 4.79 Å². The molecule has 0 aliphatic heterocycles. The maximum absolute atomic E-state index is 11.9. The molecule has 0 heterocycles. The van der Waals surface area contributed by atoms with Gasteiger partial charge < -0.3 is 5.32 Å². The largest absolute Gasteiger partial charge is 0.350 e. The molecule has 1 N–H and O–H groups in total. The van der Waals surface area contributed by atoms with Crippen molar-refractivity contribution in [2.45, 2.75) is 33.2 Å². The summed E-state index contributed by atoms with van der Waals surface area (Å²) in [6.07, 6.45) is 0.790. The number of carbonyl (C=O) groups is 1. The number of nitrogens with one attached hydrogen (secondary N) is 1. The lowest BCUT2D eigenvalue weighted by Gasteiger charge is -2.13. The number of hydrogen-bond acceptors (Lipinski definition) is 1. The molecule has 0 aliphatic rings. The molecule has 0 aliphatic carbocycles. The molecule has 0 fully saturated rings. The summed E-state index contributed by atoms with van der Waals surface area (Å²) in [6.45, 7) is 5.89. The van der Waals surface area contributed by atoms with Crippen LogP contribution in [0.4, 0.5) is 0 Å². The van der Waals surface area contributed by atoms with E-state index in [1.807, 2.05) is 39.0 Å². The third-order valence-electron chi connectivity index (χ3n) is 2.56. The second-order valence-electron chi connectivity index (χ2n) is 4.17. The summed E-state index contributed by atoms with van der Waals surface area (Å²) in [5, 5.41) is 2.94. The van der Waals surface area contributed by atoms with E-state index in [-0.39, 0.29) is 11.9 Å². The Morgan fingerprint density at radius 3 is 2.75 bits per heavy atom. The first kappa shape index (κ1) is 13.0. The second kappa shape index (κ2) is 5.90. The van der Waals surface area contributed by atoms with Gasteiger partial charge in [-0.2, -0.15) is 0 Å². The van der Waals surface area contributed by atoms with Crippen molar-refractivity contribution in [2.24, 2.45) is 0 Å². The van der Waals surface area contributed by atoms with Crippen molar-refractivity contribution in [1.82, 2.24) is 5.32 Å². The Kier molecular flexibility index (Phi) is 4.81. The Morgan fingerprint density at radius 2 is 2.12 bits per heavy atom. The summed E-state index contributed by atoms with van der Waals surface area (Å²) in [5.74, 6) is 0.549. The molecule has 0 aromatic heterocycles. The number of hydrogen-bond donors (Lipinski definition) is 1. The average Bonchev–Trinajstić information content (AvgIpc) is 2.21. The highest BCUT2D eigenvalue weighted by atomic mass is 35.5. The van der Waals surface area contributed by atoms with E-state index >= 15 is 0 Å². The van der Waals surface area contributed by atoms with Crippen LogP contribution in [0.15, 0.2) is 18.2 Å². The molecular weight excluding hydrogens is 222 g/mol. The monoisotopic (exact) mass is 239 g/mol. The molecule has 16 heavy (non-hydrogen) atoms. The summed E-state index contributed by atoms with van der Waals surface area (Å²) < 4.78 is 0. The van der Waals surface area contributed by atoms with Crippen molar-refractivity contribution in [1.29, 1.82) is 0 Å². The smallest absolute Gasteiger partial charge is 0.251 e. The van der Waals surface area contributed by atoms with Gasteiger partial charge in [-0.3, -0.25) is 4.79 Å². The molecule has 0 saturated carbocycles. The Labute approximate surface area is 102 Å². The van der Waals surface area contributed by atoms with Gasteiger partial charge in [-0.05, 0) is 38.8 Å². The van der Waals surface area contributed by atoms with Gasteiger partial charge >= 0.3 is 0 Å². The van der Waals surface area contributed by atoms with Crippen LogP contribution in [0.5, 0.6) is 0 Å². The van der Waals surface area contributed by atoms with Crippen molar-refractivity contribution in [3.05, 3.63) is 34.9 Å². The molecule has 0 spiro atoms. The van der Waals surface area contributed by atoms with E-state index < -0.39 is 0 Å². The van der Waals surface area contributed by atoms with E-state index in [9.17, 15) is 4.79 Å². The van der Waals surface area contributed by atoms with Crippen LogP contribution < -0.4 is 5.32 Å². The zero-order valence-electron chi connectivity index (χ0n) is 10.0. The van der Waals surface area contributed by atoms with Gasteiger partial charge in [0.1, 0.15) is 0 Å². The third kappa shape index (κ3) is 3.53. The SMILES string of the molecule is Cc1ccc(C)c(C(=O)NC(C)CCCl)c1. The molecule has 0 saturated heterocycles. The van der Waals surface area contributed by atoms with Gasteiger partial charge in [-0.1, -0.05) is 17.7 Å². The minimum atomic E-state index is -0.0150. The first-order valence-electron chi connectivity index (χ1n) is 5.48. The maximum atomic E-state index is 11.9. The molecule has 1 aromatic carbocycles. The van der Waals surface area contributed by atoms with Crippen LogP contribution >= 0.6 is 11.6 Å². The van der Waals surface area contributed by atoms with E-state index in [0.717, 1.165) is 23.1 Å². The van der Waals surface area contributed by atoms with Crippen LogP contribution in [-0.2, 0) is 0 Å². The predicted molar refractivity (Wildman–Crippen MR) is 68.2 cm³/mol. The molecule has 0 bridgehead atoms. The summed E-state index contributed by atoms with van der Waals surface area (Å²) >= 11 is 5.63. The molecule has 1 unspecified atom stereocenters. The Balaban J connectivity index is 2.76. The molecule has 1 amide bonds. The minimum absolute atomic E-state index is 0.0150. The molecule has 2 nitrogen and oxygen atoms in total. The molecular formula is C13H18ClNO. The third-order valence-corrected chi connectivity index (χ3v) is 2.78. The van der Waals surface area contributed by atoms with Gasteiger partial charge in [0.15, 0.2) is 0 Å². The lowest BCUT2D eigenvalue weighted by molar-refractivity contribution is 0.0939. The molecule has 1 atom stereocenters. The van der Waals surface area contributed by atoms with Crippen LogP contribution in [0.2, 0.25) is 0 Å². The van der Waals surface area contributed by atoms with E-state index in [4.69, 9.17) is 11.6 Å². The summed E-state index contributed by atoms with van der Waals surface area (Å²) in [5.41, 5.74) is 2.85. The predicted octanol–water partition coefficient (Wildman–Crippen LogP) is 3.05. The Hall–Kier alpha value is -1.02. The summed E-state index contributed by atoms with van der Waals surface area (Å²) in [7, 11) is 0. The fraction of sp³-hybridized carbons (Fsp3) is 0.462. The normalized spacial score (nSPS) is 12.2. The van der Waals surface area contributed by atoms with Gasteiger partial charge in [-0.25, -0.2) is 0 Å². The Morgan fingerprint density at radius 1 is 1.44 bits per heavy atom. The number of benzene rings is 1. The van der Waals surface area contributed by atoms with Crippen molar-refractivity contribution >= 4 is 17.5 Å². The number of aryl methyl sites for hydroxylation is 2. The summed E-state index contributed by atoms with van der Waals surface area (Å²) in [6, 6.07) is 6.01. The van der Waals surface area contributed by atoms with Gasteiger partial charge in [0.25, 0.3) is 5.91 Å². The van der Waals surface area contributed by atoms with E-state index in [2.05, 4.69) is 5.32 Å². The zero-order valence-corrected chi connectivity index (χ0v) is 10.8. The number of rotatable bonds is 4. The number of carbonyl (C=O) groups excluding carboxylic acids is 1. The molecule has 0 radical (unpaired) electrons. The average molecular weight is 240 g/mol. The second-order valence-corrected chi connectivity index (χ2v) is 4.55. The zero-order chi connectivity index (χ0) is 12.1. The molecule has 88 valence electrons. The van der Waals surface area contributed by atoms with Crippen molar-refractivity contribution in [3.63, 3.8) is 0 Å². The van der Waals surface area contributed by atoms with Gasteiger partial charge in [0.2, 0.25) is 0 Å². The van der Waals surface area contributed by atoms with E-state index in [0.29, 0.717) is 5.88 Å². The van der Waals surface area contributed by atoms with E-state index in [1.54, 1.807) is 0 Å². The van der Waals surface area contributed by atoms with Crippen molar-refractivity contribution in [2.75, 3.05) is 5.88 Å². The van der Waals surface area contributed by atoms with E-state index in [1.165, 1.54) is 0 Å². The lowest BCUT2D eigenvalue weighted by atomic mass is 10.0. The maximum Gasteiger partial charge on any atom is 0.251 e. The lowest BCUT2D eigenvalue weighted by Crippen LogP contribution is -2.33. The van der Waals surface area contributed by atoms with Crippen LogP contribution in [-0.4, -0.2) is 17.8 Å². The minimum Gasteiger partial charge on any atom is -0.350 e. The van der Waals surface area contributed by atoms with Crippen LogP contribution in [0.25, 0.3) is 0 Å². The first-order chi connectivity index (χ1) is 7.54. The highest BCUT2D eigenvalue weighted by Crippen LogP contribution is 2.11. The standard InChI is InChI=1S/C13H18ClNO/c1-9-4-5-10(2)12(8-9)13(16)15-11(3)6-7-14/h4-5,8,11H,6-7H2,1-3H3,(H,15,16). The van der Waals surface area contributed by atoms with Crippen LogP contribution in [0, 0.1) is 13.8 Å². The highest BCUT2D eigenvalue weighted by Gasteiger charge is 2.11. The van der Waals surface area contributed by atoms with Crippen LogP contribution in [0.1, 0.15) is 34.8 Å². The first-order valence-corrected chi connectivity index (χ1v) is 6.02.